The molecule has 0 aliphatic carbocycles. The number of carbonyl (C=O) groups excluding carboxylic acids is 4. The van der Waals surface area contributed by atoms with E-state index < -0.39 is 35.9 Å². The van der Waals surface area contributed by atoms with Crippen molar-refractivity contribution in [3.05, 3.63) is 101 Å². The molecule has 2 heterocycles. The predicted molar refractivity (Wildman–Crippen MR) is 176 cm³/mol. The van der Waals surface area contributed by atoms with Gasteiger partial charge in [0, 0.05) is 42.4 Å². The molecule has 3 amide bonds. The number of ketones is 1. The highest BCUT2D eigenvalue weighted by atomic mass is 16.3. The first-order valence-corrected chi connectivity index (χ1v) is 15.7. The Labute approximate surface area is 268 Å². The van der Waals surface area contributed by atoms with Crippen molar-refractivity contribution < 1.29 is 24.3 Å². The Bertz CT molecular complexity index is 1700. The van der Waals surface area contributed by atoms with Crippen LogP contribution in [0.2, 0.25) is 0 Å². The summed E-state index contributed by atoms with van der Waals surface area (Å²) in [4.78, 5) is 58.5. The standard InChI is InChI=1S/C36H41N5O5/c1-22-7-5-10-29-33(22)26(21-39-29)19-25(35(45)40-30(34(38)44)18-23-8-3-2-4-9-23)20-32(43)31-11-6-16-41(31)36(46)28(37)17-24-12-14-27(42)15-13-24/h2-5,7-10,12-15,21,25,28,30-31,39,42H,6,11,16-20,37H2,1H3,(H2,38,44)(H,40,45)/t25-,28-,30+,31+/m1/s1. The van der Waals surface area contributed by atoms with Gasteiger partial charge in [-0.2, -0.15) is 0 Å². The van der Waals surface area contributed by atoms with Crippen LogP contribution in [-0.2, 0) is 38.4 Å². The van der Waals surface area contributed by atoms with Gasteiger partial charge < -0.3 is 31.8 Å². The quantitative estimate of drug-likeness (QED) is 0.153. The zero-order chi connectivity index (χ0) is 32.8. The van der Waals surface area contributed by atoms with Crippen LogP contribution in [0.3, 0.4) is 0 Å². The molecular formula is C36H41N5O5. The Balaban J connectivity index is 1.35. The summed E-state index contributed by atoms with van der Waals surface area (Å²) in [6, 6.07) is 19.2. The van der Waals surface area contributed by atoms with Crippen LogP contribution < -0.4 is 16.8 Å². The Kier molecular flexibility index (Phi) is 10.2. The summed E-state index contributed by atoms with van der Waals surface area (Å²) in [6.45, 7) is 2.39. The lowest BCUT2D eigenvalue weighted by molar-refractivity contribution is -0.139. The first kappa shape index (κ1) is 32.4. The van der Waals surface area contributed by atoms with E-state index in [0.29, 0.717) is 19.4 Å². The van der Waals surface area contributed by atoms with Crippen LogP contribution in [-0.4, -0.2) is 63.2 Å². The predicted octanol–water partition coefficient (Wildman–Crippen LogP) is 3.07. The van der Waals surface area contributed by atoms with E-state index in [1.54, 1.807) is 17.0 Å². The lowest BCUT2D eigenvalue weighted by atomic mass is 9.89. The third kappa shape index (κ3) is 7.63. The minimum atomic E-state index is -0.959. The summed E-state index contributed by atoms with van der Waals surface area (Å²) in [5.74, 6) is -2.35. The van der Waals surface area contributed by atoms with E-state index in [9.17, 15) is 24.3 Å². The molecule has 0 bridgehead atoms. The van der Waals surface area contributed by atoms with E-state index in [0.717, 1.165) is 33.2 Å². The number of rotatable bonds is 13. The summed E-state index contributed by atoms with van der Waals surface area (Å²) in [5, 5.41) is 13.4. The minimum Gasteiger partial charge on any atom is -0.508 e. The number of nitrogens with one attached hydrogen (secondary N) is 2. The molecule has 1 saturated heterocycles. The molecule has 1 aliphatic heterocycles. The van der Waals surface area contributed by atoms with Crippen LogP contribution in [0.15, 0.2) is 79.0 Å². The molecule has 4 atom stereocenters. The van der Waals surface area contributed by atoms with Crippen molar-refractivity contribution in [2.45, 2.75) is 63.6 Å². The molecule has 10 heteroatoms. The average Bonchev–Trinajstić information content (AvgIpc) is 3.70. The number of hydrogen-bond donors (Lipinski definition) is 5. The highest BCUT2D eigenvalue weighted by Crippen LogP contribution is 2.28. The number of benzene rings is 3. The largest absolute Gasteiger partial charge is 0.508 e. The number of aromatic amines is 1. The SMILES string of the molecule is Cc1cccc2[nH]cc(C[C@H](CC(=O)[C@@H]3CCCN3C(=O)[C@H](N)Cc3ccc(O)cc3)C(=O)N[C@@H](Cc3ccccc3)C(N)=O)c12. The minimum absolute atomic E-state index is 0.122. The second kappa shape index (κ2) is 14.4. The lowest BCUT2D eigenvalue weighted by Crippen LogP contribution is -2.51. The highest BCUT2D eigenvalue weighted by Gasteiger charge is 2.38. The molecule has 0 saturated carbocycles. The number of Topliss-reactive ketones (excluding diaryl/α,β-unsaturated/α-hetero) is 1. The van der Waals surface area contributed by atoms with Gasteiger partial charge in [-0.1, -0.05) is 54.6 Å². The molecule has 1 fully saturated rings. The summed E-state index contributed by atoms with van der Waals surface area (Å²) in [7, 11) is 0. The van der Waals surface area contributed by atoms with Gasteiger partial charge in [0.1, 0.15) is 11.8 Å². The van der Waals surface area contributed by atoms with Crippen molar-refractivity contribution in [1.29, 1.82) is 0 Å². The number of primary amides is 1. The Morgan fingerprint density at radius 2 is 1.67 bits per heavy atom. The molecule has 10 nitrogen and oxygen atoms in total. The number of likely N-dealkylation sites (tertiary alicyclic amines) is 1. The van der Waals surface area contributed by atoms with E-state index in [2.05, 4.69) is 10.3 Å². The average molecular weight is 624 g/mol. The second-order valence-corrected chi connectivity index (χ2v) is 12.2. The Morgan fingerprint density at radius 3 is 2.39 bits per heavy atom. The lowest BCUT2D eigenvalue weighted by Gasteiger charge is -2.28. The van der Waals surface area contributed by atoms with Crippen molar-refractivity contribution in [2.75, 3.05) is 6.54 Å². The van der Waals surface area contributed by atoms with Gasteiger partial charge in [0.05, 0.1) is 12.1 Å². The number of nitrogens with two attached hydrogens (primary N) is 2. The fourth-order valence-electron chi connectivity index (χ4n) is 6.43. The van der Waals surface area contributed by atoms with Crippen LogP contribution >= 0.6 is 0 Å². The summed E-state index contributed by atoms with van der Waals surface area (Å²) < 4.78 is 0. The van der Waals surface area contributed by atoms with Gasteiger partial charge in [0.2, 0.25) is 17.7 Å². The maximum atomic E-state index is 13.9. The number of phenolic OH excluding ortho intramolecular Hbond substituents is 1. The van der Waals surface area contributed by atoms with Crippen LogP contribution in [0.1, 0.15) is 41.5 Å². The maximum Gasteiger partial charge on any atom is 0.240 e. The van der Waals surface area contributed by atoms with Crippen LogP contribution in [0.4, 0.5) is 0 Å². The van der Waals surface area contributed by atoms with Crippen molar-refractivity contribution >= 4 is 34.4 Å². The summed E-state index contributed by atoms with van der Waals surface area (Å²) in [6.07, 6.45) is 3.59. The molecule has 0 radical (unpaired) electrons. The van der Waals surface area contributed by atoms with E-state index in [1.807, 2.05) is 61.7 Å². The third-order valence-electron chi connectivity index (χ3n) is 8.84. The first-order valence-electron chi connectivity index (χ1n) is 15.7. The van der Waals surface area contributed by atoms with Gasteiger partial charge in [-0.25, -0.2) is 0 Å². The topological polar surface area (TPSA) is 172 Å². The molecule has 240 valence electrons. The molecule has 4 aromatic rings. The van der Waals surface area contributed by atoms with Crippen molar-refractivity contribution in [3.63, 3.8) is 0 Å². The number of amides is 3. The number of fused-ring (bicyclic) bond motifs is 1. The van der Waals surface area contributed by atoms with Crippen LogP contribution in [0, 0.1) is 12.8 Å². The molecule has 5 rings (SSSR count). The maximum absolute atomic E-state index is 13.9. The first-order chi connectivity index (χ1) is 22.1. The third-order valence-corrected chi connectivity index (χ3v) is 8.84. The number of carbonyl (C=O) groups is 4. The number of hydrogen-bond acceptors (Lipinski definition) is 6. The van der Waals surface area contributed by atoms with Crippen molar-refractivity contribution in [3.8, 4) is 5.75 Å². The number of aromatic nitrogens is 1. The van der Waals surface area contributed by atoms with Gasteiger partial charge in [-0.3, -0.25) is 19.2 Å². The van der Waals surface area contributed by atoms with Crippen molar-refractivity contribution in [1.82, 2.24) is 15.2 Å². The van der Waals surface area contributed by atoms with Gasteiger partial charge >= 0.3 is 0 Å². The smallest absolute Gasteiger partial charge is 0.240 e. The van der Waals surface area contributed by atoms with Gasteiger partial charge in [-0.05, 0) is 73.1 Å². The fourth-order valence-corrected chi connectivity index (χ4v) is 6.43. The molecule has 0 unspecified atom stereocenters. The second-order valence-electron chi connectivity index (χ2n) is 12.2. The molecule has 1 aliphatic rings. The zero-order valence-electron chi connectivity index (χ0n) is 25.9. The number of phenols is 1. The number of nitrogens with zero attached hydrogens (tertiary/aromatic N) is 1. The fraction of sp³-hybridized carbons (Fsp3) is 0.333. The van der Waals surface area contributed by atoms with Gasteiger partial charge in [0.15, 0.2) is 5.78 Å². The van der Waals surface area contributed by atoms with E-state index in [4.69, 9.17) is 11.5 Å². The number of aromatic hydroxyl groups is 1. The molecule has 46 heavy (non-hydrogen) atoms. The molecular weight excluding hydrogens is 582 g/mol. The number of H-pyrrole nitrogens is 1. The van der Waals surface area contributed by atoms with Gasteiger partial charge in [0.25, 0.3) is 0 Å². The summed E-state index contributed by atoms with van der Waals surface area (Å²) >= 11 is 0. The van der Waals surface area contributed by atoms with E-state index >= 15 is 0 Å². The Hall–Kier alpha value is -4.96. The Morgan fingerprint density at radius 1 is 0.957 bits per heavy atom. The van der Waals surface area contributed by atoms with E-state index in [-0.39, 0.29) is 43.1 Å². The summed E-state index contributed by atoms with van der Waals surface area (Å²) in [5.41, 5.74) is 16.5. The number of aryl methyl sites for hydroxylation is 1. The van der Waals surface area contributed by atoms with Crippen LogP contribution in [0.5, 0.6) is 5.75 Å². The normalized spacial score (nSPS) is 16.6. The van der Waals surface area contributed by atoms with Crippen molar-refractivity contribution in [2.24, 2.45) is 17.4 Å². The van der Waals surface area contributed by atoms with Gasteiger partial charge in [-0.15, -0.1) is 0 Å². The molecule has 3 aromatic carbocycles. The zero-order valence-corrected chi connectivity index (χ0v) is 25.9. The monoisotopic (exact) mass is 623 g/mol. The van der Waals surface area contributed by atoms with Crippen LogP contribution in [0.25, 0.3) is 10.9 Å². The molecule has 0 spiro atoms. The molecule has 7 N–H and O–H groups in total. The molecule has 1 aromatic heterocycles. The van der Waals surface area contributed by atoms with E-state index in [1.165, 1.54) is 12.1 Å². The highest BCUT2D eigenvalue weighted by molar-refractivity contribution is 5.95.